The van der Waals surface area contributed by atoms with Crippen LogP contribution in [0.25, 0.3) is 0 Å². The van der Waals surface area contributed by atoms with Gasteiger partial charge in [-0.05, 0) is 36.4 Å². The van der Waals surface area contributed by atoms with Crippen molar-refractivity contribution in [2.24, 2.45) is 5.41 Å². The highest BCUT2D eigenvalue weighted by Crippen LogP contribution is 2.36. The van der Waals surface area contributed by atoms with Gasteiger partial charge < -0.3 is 5.32 Å². The Morgan fingerprint density at radius 3 is 2.24 bits per heavy atom. The van der Waals surface area contributed by atoms with Crippen molar-refractivity contribution in [3.63, 3.8) is 0 Å². The van der Waals surface area contributed by atoms with Gasteiger partial charge in [-0.15, -0.1) is 0 Å². The number of nitrogens with one attached hydrogen (secondary N) is 2. The van der Waals surface area contributed by atoms with Crippen LogP contribution in [0.1, 0.15) is 43.7 Å². The Labute approximate surface area is 128 Å². The maximum Gasteiger partial charge on any atom is 0.215 e. The molecule has 0 amide bonds. The first-order valence-electron chi connectivity index (χ1n) is 7.62. The lowest BCUT2D eigenvalue weighted by molar-refractivity contribution is 0.336. The highest BCUT2D eigenvalue weighted by molar-refractivity contribution is 7.88. The van der Waals surface area contributed by atoms with E-state index in [4.69, 9.17) is 0 Å². The molecular formula is C16H26N2O2S. The van der Waals surface area contributed by atoms with E-state index in [9.17, 15) is 8.42 Å². The molecule has 4 nitrogen and oxygen atoms in total. The quantitative estimate of drug-likeness (QED) is 0.813. The first-order valence-corrected chi connectivity index (χ1v) is 9.27. The smallest absolute Gasteiger partial charge is 0.215 e. The molecule has 0 heterocycles. The number of benzene rings is 1. The molecule has 1 saturated carbocycles. The van der Waals surface area contributed by atoms with Gasteiger partial charge in [0, 0.05) is 13.1 Å². The van der Waals surface area contributed by atoms with Crippen LogP contribution >= 0.6 is 0 Å². The topological polar surface area (TPSA) is 58.2 Å². The van der Waals surface area contributed by atoms with Crippen molar-refractivity contribution in [3.8, 4) is 0 Å². The van der Waals surface area contributed by atoms with Crippen LogP contribution in [0, 0.1) is 5.41 Å². The fourth-order valence-electron chi connectivity index (χ4n) is 2.92. The molecule has 0 radical (unpaired) electrons. The molecule has 1 aliphatic carbocycles. The maximum atomic E-state index is 12.2. The van der Waals surface area contributed by atoms with Gasteiger partial charge in [0.1, 0.15) is 0 Å². The fraction of sp³-hybridized carbons (Fsp3) is 0.625. The lowest BCUT2D eigenvalue weighted by Gasteiger charge is -2.23. The third kappa shape index (κ3) is 5.09. The standard InChI is InChI=1S/C16H26N2O2S/c1-16(9-3-4-10-16)13-18-21(19,20)12-15-7-5-14(6-8-15)11-17-2/h5-8,17-18H,3-4,9-13H2,1-2H3. The van der Waals surface area contributed by atoms with E-state index < -0.39 is 10.0 Å². The van der Waals surface area contributed by atoms with Crippen molar-refractivity contribution in [1.29, 1.82) is 0 Å². The van der Waals surface area contributed by atoms with E-state index in [2.05, 4.69) is 17.0 Å². The van der Waals surface area contributed by atoms with Crippen LogP contribution < -0.4 is 10.0 Å². The predicted octanol–water partition coefficient (Wildman–Crippen LogP) is 2.41. The van der Waals surface area contributed by atoms with Gasteiger partial charge in [-0.1, -0.05) is 44.0 Å². The zero-order valence-electron chi connectivity index (χ0n) is 13.0. The Kier molecular flexibility index (Phi) is 5.41. The van der Waals surface area contributed by atoms with E-state index in [0.29, 0.717) is 6.54 Å². The van der Waals surface area contributed by atoms with Crippen LogP contribution in [0.5, 0.6) is 0 Å². The molecule has 2 rings (SSSR count). The molecule has 2 N–H and O–H groups in total. The molecule has 1 aromatic rings. The van der Waals surface area contributed by atoms with Gasteiger partial charge >= 0.3 is 0 Å². The molecule has 21 heavy (non-hydrogen) atoms. The maximum absolute atomic E-state index is 12.2. The van der Waals surface area contributed by atoms with Gasteiger partial charge in [-0.3, -0.25) is 0 Å². The largest absolute Gasteiger partial charge is 0.316 e. The van der Waals surface area contributed by atoms with Crippen LogP contribution in [0.3, 0.4) is 0 Å². The summed E-state index contributed by atoms with van der Waals surface area (Å²) in [6, 6.07) is 7.73. The Morgan fingerprint density at radius 1 is 1.10 bits per heavy atom. The van der Waals surface area contributed by atoms with Gasteiger partial charge in [0.2, 0.25) is 10.0 Å². The summed E-state index contributed by atoms with van der Waals surface area (Å²) in [7, 11) is -1.36. The Balaban J connectivity index is 1.90. The average Bonchev–Trinajstić information content (AvgIpc) is 2.87. The molecule has 0 atom stereocenters. The lowest BCUT2D eigenvalue weighted by Crippen LogP contribution is -2.34. The molecule has 1 aliphatic rings. The summed E-state index contributed by atoms with van der Waals surface area (Å²) in [5, 5.41) is 3.08. The Morgan fingerprint density at radius 2 is 1.67 bits per heavy atom. The number of rotatable bonds is 7. The molecule has 0 saturated heterocycles. The first-order chi connectivity index (χ1) is 9.92. The van der Waals surface area contributed by atoms with Gasteiger partial charge in [-0.2, -0.15) is 0 Å². The van der Waals surface area contributed by atoms with E-state index in [1.54, 1.807) is 0 Å². The number of sulfonamides is 1. The molecule has 0 unspecified atom stereocenters. The summed E-state index contributed by atoms with van der Waals surface area (Å²) < 4.78 is 27.2. The highest BCUT2D eigenvalue weighted by Gasteiger charge is 2.29. The van der Waals surface area contributed by atoms with E-state index in [-0.39, 0.29) is 11.2 Å². The number of hydrogen-bond donors (Lipinski definition) is 2. The van der Waals surface area contributed by atoms with Crippen LogP contribution in [0.2, 0.25) is 0 Å². The molecule has 0 bridgehead atoms. The molecule has 0 aliphatic heterocycles. The lowest BCUT2D eigenvalue weighted by atomic mass is 9.89. The number of hydrogen-bond acceptors (Lipinski definition) is 3. The molecule has 0 aromatic heterocycles. The van der Waals surface area contributed by atoms with Crippen molar-refractivity contribution in [2.75, 3.05) is 13.6 Å². The first kappa shape index (κ1) is 16.5. The minimum atomic E-state index is -3.25. The minimum absolute atomic E-state index is 0.0584. The summed E-state index contributed by atoms with van der Waals surface area (Å²) >= 11 is 0. The molecule has 118 valence electrons. The third-order valence-corrected chi connectivity index (χ3v) is 5.59. The second-order valence-electron chi connectivity index (χ2n) is 6.44. The van der Waals surface area contributed by atoms with Crippen LogP contribution in [-0.2, 0) is 22.3 Å². The van der Waals surface area contributed by atoms with Crippen molar-refractivity contribution in [3.05, 3.63) is 35.4 Å². The summed E-state index contributed by atoms with van der Waals surface area (Å²) in [4.78, 5) is 0. The molecule has 1 fully saturated rings. The van der Waals surface area contributed by atoms with Gasteiger partial charge in [0.15, 0.2) is 0 Å². The molecule has 5 heteroatoms. The van der Waals surface area contributed by atoms with Gasteiger partial charge in [0.25, 0.3) is 0 Å². The highest BCUT2D eigenvalue weighted by atomic mass is 32.2. The normalized spacial score (nSPS) is 18.0. The Bertz CT molecular complexity index is 546. The summed E-state index contributed by atoms with van der Waals surface area (Å²) in [5.41, 5.74) is 2.13. The average molecular weight is 310 g/mol. The van der Waals surface area contributed by atoms with E-state index in [1.807, 2.05) is 31.3 Å². The van der Waals surface area contributed by atoms with E-state index in [1.165, 1.54) is 12.8 Å². The van der Waals surface area contributed by atoms with Gasteiger partial charge in [0.05, 0.1) is 5.75 Å². The molecule has 1 aromatic carbocycles. The summed E-state index contributed by atoms with van der Waals surface area (Å²) in [5.74, 6) is 0.0584. The molecular weight excluding hydrogens is 284 g/mol. The predicted molar refractivity (Wildman–Crippen MR) is 86.4 cm³/mol. The zero-order valence-corrected chi connectivity index (χ0v) is 13.8. The SMILES string of the molecule is CNCc1ccc(CS(=O)(=O)NCC2(C)CCCC2)cc1. The Hall–Kier alpha value is -0.910. The van der Waals surface area contributed by atoms with Gasteiger partial charge in [-0.25, -0.2) is 13.1 Å². The summed E-state index contributed by atoms with van der Waals surface area (Å²) in [6.45, 7) is 3.53. The van der Waals surface area contributed by atoms with Crippen LogP contribution in [0.4, 0.5) is 0 Å². The summed E-state index contributed by atoms with van der Waals surface area (Å²) in [6.07, 6.45) is 4.67. The molecule has 0 spiro atoms. The minimum Gasteiger partial charge on any atom is -0.316 e. The van der Waals surface area contributed by atoms with Crippen molar-refractivity contribution >= 4 is 10.0 Å². The van der Waals surface area contributed by atoms with Crippen molar-refractivity contribution < 1.29 is 8.42 Å². The van der Waals surface area contributed by atoms with E-state index >= 15 is 0 Å². The van der Waals surface area contributed by atoms with Crippen LogP contribution in [-0.4, -0.2) is 22.0 Å². The van der Waals surface area contributed by atoms with Crippen molar-refractivity contribution in [1.82, 2.24) is 10.0 Å². The second-order valence-corrected chi connectivity index (χ2v) is 8.25. The van der Waals surface area contributed by atoms with Crippen LogP contribution in [0.15, 0.2) is 24.3 Å². The zero-order chi connectivity index (χ0) is 15.3. The monoisotopic (exact) mass is 310 g/mol. The third-order valence-electron chi connectivity index (χ3n) is 4.29. The second kappa shape index (κ2) is 6.90. The van der Waals surface area contributed by atoms with E-state index in [0.717, 1.165) is 30.5 Å². The van der Waals surface area contributed by atoms with Crippen molar-refractivity contribution in [2.45, 2.75) is 44.9 Å². The fourth-order valence-corrected chi connectivity index (χ4v) is 4.22.